The molecule has 4 heteroatoms. The highest BCUT2D eigenvalue weighted by Gasteiger charge is 2.13. The summed E-state index contributed by atoms with van der Waals surface area (Å²) in [7, 11) is 0. The minimum atomic E-state index is -0.0981. The highest BCUT2D eigenvalue weighted by Crippen LogP contribution is 2.11. The predicted molar refractivity (Wildman–Crippen MR) is 86.3 cm³/mol. The van der Waals surface area contributed by atoms with Crippen molar-refractivity contribution in [3.8, 4) is 0 Å². The molecule has 0 aromatic heterocycles. The van der Waals surface area contributed by atoms with Crippen LogP contribution in [0.15, 0.2) is 59.1 Å². The minimum absolute atomic E-state index is 0.0739. The van der Waals surface area contributed by atoms with E-state index in [0.29, 0.717) is 11.4 Å². The summed E-state index contributed by atoms with van der Waals surface area (Å²) in [6.07, 6.45) is 0.729. The van der Waals surface area contributed by atoms with Crippen molar-refractivity contribution < 1.29 is 4.79 Å². The number of nitrogens with one attached hydrogen (secondary N) is 1. The third kappa shape index (κ3) is 4.36. The van der Waals surface area contributed by atoms with Crippen LogP contribution in [0.2, 0.25) is 0 Å². The maximum absolute atomic E-state index is 12.1. The molecular formula is C16H15BrClNO. The van der Waals surface area contributed by atoms with Crippen LogP contribution in [0.3, 0.4) is 0 Å². The summed E-state index contributed by atoms with van der Waals surface area (Å²) >= 11 is 9.30. The van der Waals surface area contributed by atoms with Crippen molar-refractivity contribution in [3.05, 3.63) is 70.2 Å². The summed E-state index contributed by atoms with van der Waals surface area (Å²) in [6, 6.07) is 17.2. The quantitative estimate of drug-likeness (QED) is 0.809. The second kappa shape index (κ2) is 7.46. The first-order valence-corrected chi connectivity index (χ1v) is 7.68. The van der Waals surface area contributed by atoms with E-state index in [-0.39, 0.29) is 11.9 Å². The fraction of sp³-hybridized carbons (Fsp3) is 0.188. The average molecular weight is 353 g/mol. The highest BCUT2D eigenvalue weighted by atomic mass is 79.9. The maximum atomic E-state index is 12.1. The van der Waals surface area contributed by atoms with Gasteiger partial charge >= 0.3 is 0 Å². The smallest absolute Gasteiger partial charge is 0.251 e. The third-order valence-electron chi connectivity index (χ3n) is 2.95. The number of hydrogen-bond donors (Lipinski definition) is 1. The van der Waals surface area contributed by atoms with E-state index in [0.717, 1.165) is 16.5 Å². The number of amides is 1. The second-order valence-corrected chi connectivity index (χ2v) is 5.75. The number of benzene rings is 2. The molecule has 2 rings (SSSR count). The molecule has 0 aliphatic rings. The second-order valence-electron chi connectivity index (χ2n) is 4.52. The molecule has 2 aromatic rings. The van der Waals surface area contributed by atoms with Gasteiger partial charge in [-0.05, 0) is 36.2 Å². The van der Waals surface area contributed by atoms with Crippen LogP contribution < -0.4 is 5.32 Å². The van der Waals surface area contributed by atoms with Gasteiger partial charge in [-0.1, -0.05) is 46.3 Å². The van der Waals surface area contributed by atoms with E-state index in [1.54, 1.807) is 12.1 Å². The van der Waals surface area contributed by atoms with Crippen molar-refractivity contribution in [1.82, 2.24) is 5.32 Å². The van der Waals surface area contributed by atoms with Gasteiger partial charge in [0.2, 0.25) is 0 Å². The Hall–Kier alpha value is -1.32. The Morgan fingerprint density at radius 2 is 1.75 bits per heavy atom. The van der Waals surface area contributed by atoms with Gasteiger partial charge in [0, 0.05) is 22.0 Å². The van der Waals surface area contributed by atoms with Gasteiger partial charge in [0.25, 0.3) is 5.91 Å². The Bertz CT molecular complexity index is 556. The molecule has 0 fully saturated rings. The van der Waals surface area contributed by atoms with Crippen molar-refractivity contribution in [2.75, 3.05) is 5.88 Å². The topological polar surface area (TPSA) is 29.1 Å². The average Bonchev–Trinajstić information content (AvgIpc) is 2.48. The Labute approximate surface area is 132 Å². The molecule has 1 amide bonds. The Balaban J connectivity index is 1.99. The van der Waals surface area contributed by atoms with Crippen LogP contribution in [0.4, 0.5) is 0 Å². The third-order valence-corrected chi connectivity index (χ3v) is 3.85. The first kappa shape index (κ1) is 15.1. The van der Waals surface area contributed by atoms with Gasteiger partial charge in [0.15, 0.2) is 0 Å². The van der Waals surface area contributed by atoms with Crippen LogP contribution in [0.1, 0.15) is 15.9 Å². The fourth-order valence-electron chi connectivity index (χ4n) is 1.91. The normalized spacial score (nSPS) is 11.9. The number of carbonyl (C=O) groups is 1. The van der Waals surface area contributed by atoms with Crippen molar-refractivity contribution in [3.63, 3.8) is 0 Å². The summed E-state index contributed by atoms with van der Waals surface area (Å²) in [5, 5.41) is 2.96. The van der Waals surface area contributed by atoms with Crippen molar-refractivity contribution >= 4 is 33.4 Å². The molecule has 1 N–H and O–H groups in total. The molecule has 2 nitrogen and oxygen atoms in total. The highest BCUT2D eigenvalue weighted by molar-refractivity contribution is 9.10. The summed E-state index contributed by atoms with van der Waals surface area (Å²) < 4.78 is 0.951. The Kier molecular flexibility index (Phi) is 5.62. The lowest BCUT2D eigenvalue weighted by atomic mass is 10.1. The van der Waals surface area contributed by atoms with E-state index >= 15 is 0 Å². The monoisotopic (exact) mass is 351 g/mol. The number of halogens is 2. The SMILES string of the molecule is O=C(NC(CCl)Cc1ccccc1)c1ccc(Br)cc1. The van der Waals surface area contributed by atoms with Crippen LogP contribution in [0.25, 0.3) is 0 Å². The van der Waals surface area contributed by atoms with Crippen LogP contribution in [0, 0.1) is 0 Å². The van der Waals surface area contributed by atoms with Gasteiger partial charge in [0.1, 0.15) is 0 Å². The number of hydrogen-bond acceptors (Lipinski definition) is 1. The van der Waals surface area contributed by atoms with Crippen LogP contribution in [-0.4, -0.2) is 17.8 Å². The molecule has 0 heterocycles. The molecule has 0 aliphatic heterocycles. The Morgan fingerprint density at radius 1 is 1.10 bits per heavy atom. The largest absolute Gasteiger partial charge is 0.348 e. The molecule has 2 aromatic carbocycles. The lowest BCUT2D eigenvalue weighted by Crippen LogP contribution is -2.37. The first-order chi connectivity index (χ1) is 9.69. The van der Waals surface area contributed by atoms with Gasteiger partial charge in [-0.2, -0.15) is 0 Å². The molecule has 104 valence electrons. The number of carbonyl (C=O) groups excluding carboxylic acids is 1. The van der Waals surface area contributed by atoms with Gasteiger partial charge in [-0.3, -0.25) is 4.79 Å². The summed E-state index contributed by atoms with van der Waals surface area (Å²) in [5.74, 6) is 0.288. The fourth-order valence-corrected chi connectivity index (χ4v) is 2.36. The van der Waals surface area contributed by atoms with E-state index < -0.39 is 0 Å². The zero-order valence-electron chi connectivity index (χ0n) is 10.9. The number of rotatable bonds is 5. The van der Waals surface area contributed by atoms with Crippen molar-refractivity contribution in [2.45, 2.75) is 12.5 Å². The van der Waals surface area contributed by atoms with Crippen LogP contribution in [0.5, 0.6) is 0 Å². The standard InChI is InChI=1S/C16H15BrClNO/c17-14-8-6-13(7-9-14)16(20)19-15(11-18)10-12-4-2-1-3-5-12/h1-9,15H,10-11H2,(H,19,20). The van der Waals surface area contributed by atoms with E-state index in [9.17, 15) is 4.79 Å². The first-order valence-electron chi connectivity index (χ1n) is 6.35. The molecular weight excluding hydrogens is 338 g/mol. The van der Waals surface area contributed by atoms with Gasteiger partial charge in [-0.15, -0.1) is 11.6 Å². The van der Waals surface area contributed by atoms with Crippen molar-refractivity contribution in [1.29, 1.82) is 0 Å². The molecule has 0 saturated carbocycles. The molecule has 1 atom stereocenters. The van der Waals surface area contributed by atoms with Crippen LogP contribution in [-0.2, 0) is 6.42 Å². The van der Waals surface area contributed by atoms with E-state index in [4.69, 9.17) is 11.6 Å². The van der Waals surface area contributed by atoms with Crippen LogP contribution >= 0.6 is 27.5 Å². The van der Waals surface area contributed by atoms with Crippen molar-refractivity contribution in [2.24, 2.45) is 0 Å². The minimum Gasteiger partial charge on any atom is -0.348 e. The summed E-state index contributed by atoms with van der Waals surface area (Å²) in [5.41, 5.74) is 1.80. The Morgan fingerprint density at radius 3 is 2.35 bits per heavy atom. The summed E-state index contributed by atoms with van der Waals surface area (Å²) in [4.78, 5) is 12.1. The zero-order chi connectivity index (χ0) is 14.4. The molecule has 1 unspecified atom stereocenters. The molecule has 20 heavy (non-hydrogen) atoms. The molecule has 0 spiro atoms. The predicted octanol–water partition coefficient (Wildman–Crippen LogP) is 4.03. The van der Waals surface area contributed by atoms with E-state index in [1.165, 1.54) is 0 Å². The van der Waals surface area contributed by atoms with Gasteiger partial charge in [-0.25, -0.2) is 0 Å². The lowest BCUT2D eigenvalue weighted by molar-refractivity contribution is 0.0940. The molecule has 0 radical (unpaired) electrons. The summed E-state index contributed by atoms with van der Waals surface area (Å²) in [6.45, 7) is 0. The van der Waals surface area contributed by atoms with Gasteiger partial charge in [0.05, 0.1) is 0 Å². The van der Waals surface area contributed by atoms with E-state index in [2.05, 4.69) is 21.2 Å². The lowest BCUT2D eigenvalue weighted by Gasteiger charge is -2.16. The number of alkyl halides is 1. The maximum Gasteiger partial charge on any atom is 0.251 e. The zero-order valence-corrected chi connectivity index (χ0v) is 13.2. The van der Waals surface area contributed by atoms with E-state index in [1.807, 2.05) is 42.5 Å². The molecule has 0 saturated heterocycles. The van der Waals surface area contributed by atoms with Gasteiger partial charge < -0.3 is 5.32 Å². The molecule has 0 aliphatic carbocycles. The molecule has 0 bridgehead atoms.